The molecule has 0 aliphatic carbocycles. The van der Waals surface area contributed by atoms with Crippen molar-refractivity contribution in [3.63, 3.8) is 0 Å². The van der Waals surface area contributed by atoms with Gasteiger partial charge in [0.1, 0.15) is 0 Å². The molecule has 0 radical (unpaired) electrons. The number of amides is 2. The second-order valence-electron chi connectivity index (χ2n) is 6.72. The summed E-state index contributed by atoms with van der Waals surface area (Å²) in [5.74, 6) is -0.563. The Hall–Kier alpha value is -2.00. The molecular formula is C22H18N2O2S4. The van der Waals surface area contributed by atoms with Gasteiger partial charge in [0.2, 0.25) is 0 Å². The number of thioether (sulfide) groups is 2. The average Bonchev–Trinajstić information content (AvgIpc) is 3.22. The van der Waals surface area contributed by atoms with Crippen molar-refractivity contribution in [1.82, 2.24) is 0 Å². The first-order valence-corrected chi connectivity index (χ1v) is 11.9. The van der Waals surface area contributed by atoms with Crippen LogP contribution in [0.2, 0.25) is 0 Å². The maximum absolute atomic E-state index is 13.2. The molecule has 0 bridgehead atoms. The van der Waals surface area contributed by atoms with Gasteiger partial charge in [0, 0.05) is 0 Å². The lowest BCUT2D eigenvalue weighted by Crippen LogP contribution is -2.29. The highest BCUT2D eigenvalue weighted by Gasteiger charge is 2.43. The quantitative estimate of drug-likeness (QED) is 0.437. The molecule has 0 spiro atoms. The van der Waals surface area contributed by atoms with Crippen LogP contribution in [0.15, 0.2) is 58.3 Å². The zero-order valence-electron chi connectivity index (χ0n) is 16.4. The van der Waals surface area contributed by atoms with Gasteiger partial charge < -0.3 is 0 Å². The Balaban J connectivity index is 1.65. The number of anilines is 2. The fourth-order valence-electron chi connectivity index (χ4n) is 3.22. The maximum atomic E-state index is 13.2. The molecule has 4 rings (SSSR count). The van der Waals surface area contributed by atoms with Gasteiger partial charge in [-0.1, -0.05) is 86.1 Å². The van der Waals surface area contributed by atoms with Gasteiger partial charge in [-0.25, -0.2) is 0 Å². The summed E-state index contributed by atoms with van der Waals surface area (Å²) in [5, 5.41) is 0. The molecule has 30 heavy (non-hydrogen) atoms. The van der Waals surface area contributed by atoms with E-state index in [-0.39, 0.29) is 11.8 Å². The second-order valence-corrected chi connectivity index (χ2v) is 10.0. The van der Waals surface area contributed by atoms with E-state index in [0.717, 1.165) is 36.4 Å². The molecule has 0 saturated carbocycles. The smallest absolute Gasteiger partial charge is 0.268 e. The molecule has 8 heteroatoms. The first-order valence-electron chi connectivity index (χ1n) is 9.49. The summed E-state index contributed by atoms with van der Waals surface area (Å²) in [5.41, 5.74) is 3.77. The van der Waals surface area contributed by atoms with Crippen LogP contribution in [0.1, 0.15) is 25.0 Å². The van der Waals surface area contributed by atoms with Gasteiger partial charge in [0.25, 0.3) is 11.8 Å². The highest BCUT2D eigenvalue weighted by atomic mass is 32.2. The zero-order valence-corrected chi connectivity index (χ0v) is 19.6. The Labute approximate surface area is 194 Å². The fourth-order valence-corrected chi connectivity index (χ4v) is 5.97. The molecule has 0 atom stereocenters. The number of hydrogen-bond acceptors (Lipinski definition) is 6. The van der Waals surface area contributed by atoms with Crippen molar-refractivity contribution < 1.29 is 9.59 Å². The third-order valence-corrected chi connectivity index (χ3v) is 7.82. The molecule has 2 aromatic carbocycles. The van der Waals surface area contributed by atoms with E-state index >= 15 is 0 Å². The van der Waals surface area contributed by atoms with Gasteiger partial charge >= 0.3 is 0 Å². The Morgan fingerprint density at radius 1 is 0.667 bits per heavy atom. The van der Waals surface area contributed by atoms with E-state index in [1.165, 1.54) is 20.9 Å². The number of nitrogens with zero attached hydrogens (tertiary/aromatic N) is 2. The molecule has 2 aliphatic heterocycles. The van der Waals surface area contributed by atoms with E-state index in [1.807, 2.05) is 48.5 Å². The number of aryl methyl sites for hydroxylation is 2. The minimum Gasteiger partial charge on any atom is -0.268 e. The van der Waals surface area contributed by atoms with Gasteiger partial charge in [0.15, 0.2) is 8.64 Å². The Bertz CT molecular complexity index is 1000. The van der Waals surface area contributed by atoms with Crippen LogP contribution in [0.4, 0.5) is 11.4 Å². The molecule has 2 saturated heterocycles. The van der Waals surface area contributed by atoms with Crippen LogP contribution in [0.25, 0.3) is 0 Å². The summed E-state index contributed by atoms with van der Waals surface area (Å²) in [6, 6.07) is 15.4. The molecule has 0 aromatic heterocycles. The van der Waals surface area contributed by atoms with Crippen molar-refractivity contribution in [1.29, 1.82) is 0 Å². The van der Waals surface area contributed by atoms with Crippen LogP contribution in [0, 0.1) is 0 Å². The van der Waals surface area contributed by atoms with E-state index in [1.54, 1.807) is 0 Å². The van der Waals surface area contributed by atoms with Crippen LogP contribution in [0.3, 0.4) is 0 Å². The monoisotopic (exact) mass is 470 g/mol. The number of rotatable bonds is 4. The normalized spacial score (nSPS) is 19.4. The number of thiocarbonyl (C=S) groups is 2. The largest absolute Gasteiger partial charge is 0.272 e. The van der Waals surface area contributed by atoms with E-state index in [9.17, 15) is 9.59 Å². The summed E-state index contributed by atoms with van der Waals surface area (Å²) < 4.78 is 0.827. The summed E-state index contributed by atoms with van der Waals surface area (Å²) in [6.45, 7) is 4.15. The first kappa shape index (κ1) is 21.2. The molecule has 0 N–H and O–H groups in total. The fraction of sp³-hybridized carbons (Fsp3) is 0.182. The maximum Gasteiger partial charge on any atom is 0.272 e. The predicted octanol–water partition coefficient (Wildman–Crippen LogP) is 5.45. The van der Waals surface area contributed by atoms with Crippen LogP contribution in [-0.4, -0.2) is 20.5 Å². The van der Waals surface area contributed by atoms with E-state index in [4.69, 9.17) is 24.4 Å². The van der Waals surface area contributed by atoms with Crippen molar-refractivity contribution in [2.75, 3.05) is 9.80 Å². The third-order valence-electron chi connectivity index (χ3n) is 4.95. The predicted molar refractivity (Wildman–Crippen MR) is 134 cm³/mol. The van der Waals surface area contributed by atoms with E-state index in [2.05, 4.69) is 13.8 Å². The topological polar surface area (TPSA) is 40.6 Å². The van der Waals surface area contributed by atoms with Crippen molar-refractivity contribution in [3.8, 4) is 0 Å². The van der Waals surface area contributed by atoms with Crippen LogP contribution in [-0.2, 0) is 22.4 Å². The van der Waals surface area contributed by atoms with Crippen molar-refractivity contribution in [3.05, 3.63) is 69.5 Å². The molecule has 2 amide bonds. The molecular weight excluding hydrogens is 453 g/mol. The first-order chi connectivity index (χ1) is 14.4. The lowest BCUT2D eigenvalue weighted by atomic mass is 10.1. The van der Waals surface area contributed by atoms with Crippen LogP contribution >= 0.6 is 48.0 Å². The lowest BCUT2D eigenvalue weighted by molar-refractivity contribution is -0.115. The molecule has 152 valence electrons. The van der Waals surface area contributed by atoms with Crippen LogP contribution in [0.5, 0.6) is 0 Å². The molecule has 2 heterocycles. The standard InChI is InChI=1S/C22H18N2O2S4/c1-3-13-5-9-15(10-6-13)23-19(25)17(29-21(23)27)18-20(26)24(22(28)30-18)16-11-7-14(4-2)8-12-16/h5-12H,3-4H2,1-2H3. The average molecular weight is 471 g/mol. The van der Waals surface area contributed by atoms with Gasteiger partial charge in [-0.3, -0.25) is 19.4 Å². The van der Waals surface area contributed by atoms with E-state index in [0.29, 0.717) is 29.8 Å². The Morgan fingerprint density at radius 2 is 1.00 bits per heavy atom. The highest BCUT2D eigenvalue weighted by molar-refractivity contribution is 8.30. The van der Waals surface area contributed by atoms with Gasteiger partial charge in [0.05, 0.1) is 21.2 Å². The summed E-state index contributed by atoms with van der Waals surface area (Å²) in [6.07, 6.45) is 1.83. The Kier molecular flexibility index (Phi) is 6.11. The van der Waals surface area contributed by atoms with Crippen molar-refractivity contribution in [2.24, 2.45) is 0 Å². The van der Waals surface area contributed by atoms with Crippen molar-refractivity contribution in [2.45, 2.75) is 26.7 Å². The molecule has 0 unspecified atom stereocenters. The number of carbonyl (C=O) groups is 2. The van der Waals surface area contributed by atoms with Gasteiger partial charge in [-0.2, -0.15) is 0 Å². The summed E-state index contributed by atoms with van der Waals surface area (Å²) in [7, 11) is 0. The van der Waals surface area contributed by atoms with Crippen molar-refractivity contribution >= 4 is 79.8 Å². The zero-order chi connectivity index (χ0) is 21.4. The number of carbonyl (C=O) groups excluding carboxylic acids is 2. The SMILES string of the molecule is CCc1ccc(N2C(=O)C(=C3SC(=S)N(c4ccc(CC)cc4)C3=O)SC2=S)cc1. The van der Waals surface area contributed by atoms with Gasteiger partial charge in [-0.15, -0.1) is 0 Å². The number of hydrogen-bond donors (Lipinski definition) is 0. The third kappa shape index (κ3) is 3.73. The summed E-state index contributed by atoms with van der Waals surface area (Å²) >= 11 is 13.2. The lowest BCUT2D eigenvalue weighted by Gasteiger charge is -2.15. The molecule has 2 aromatic rings. The minimum absolute atomic E-state index is 0.281. The number of benzene rings is 2. The summed E-state index contributed by atoms with van der Waals surface area (Å²) in [4.78, 5) is 30.0. The molecule has 2 aliphatic rings. The minimum atomic E-state index is -0.281. The van der Waals surface area contributed by atoms with Gasteiger partial charge in [-0.05, 0) is 48.2 Å². The molecule has 2 fully saturated rings. The Morgan fingerprint density at radius 3 is 1.30 bits per heavy atom. The van der Waals surface area contributed by atoms with Crippen LogP contribution < -0.4 is 9.80 Å². The van der Waals surface area contributed by atoms with E-state index < -0.39 is 0 Å². The highest BCUT2D eigenvalue weighted by Crippen LogP contribution is 2.44. The second kappa shape index (κ2) is 8.63. The molecule has 4 nitrogen and oxygen atoms in total.